The van der Waals surface area contributed by atoms with Crippen molar-refractivity contribution in [2.24, 2.45) is 0 Å². The SMILES string of the molecule is Cc1ccc(C)c2c3c([nH]c12)SCCC3C=O. The molecule has 0 saturated carbocycles. The molecule has 3 heteroatoms. The Morgan fingerprint density at radius 2 is 2.12 bits per heavy atom. The number of carbonyl (C=O) groups excluding carboxylic acids is 1. The van der Waals surface area contributed by atoms with Crippen LogP contribution in [0.2, 0.25) is 0 Å². The molecular weight excluding hydrogens is 230 g/mol. The second kappa shape index (κ2) is 3.91. The number of nitrogens with one attached hydrogen (secondary N) is 1. The topological polar surface area (TPSA) is 32.9 Å². The number of aryl methyl sites for hydroxylation is 2. The van der Waals surface area contributed by atoms with Crippen molar-refractivity contribution in [2.45, 2.75) is 31.2 Å². The van der Waals surface area contributed by atoms with Crippen molar-refractivity contribution >= 4 is 29.0 Å². The van der Waals surface area contributed by atoms with Crippen LogP contribution in [0.1, 0.15) is 29.0 Å². The van der Waals surface area contributed by atoms with Crippen LogP contribution in [0.15, 0.2) is 17.2 Å². The predicted octanol–water partition coefficient (Wildman–Crippen LogP) is 3.56. The van der Waals surface area contributed by atoms with E-state index >= 15 is 0 Å². The van der Waals surface area contributed by atoms with Gasteiger partial charge in [-0.25, -0.2) is 0 Å². The highest BCUT2D eigenvalue weighted by Gasteiger charge is 2.26. The van der Waals surface area contributed by atoms with E-state index in [1.165, 1.54) is 32.6 Å². The first-order valence-corrected chi connectivity index (χ1v) is 6.91. The second-order valence-corrected chi connectivity index (χ2v) is 5.80. The molecule has 2 nitrogen and oxygen atoms in total. The first-order chi connectivity index (χ1) is 8.22. The zero-order chi connectivity index (χ0) is 12.0. The Bertz CT molecular complexity index is 600. The molecule has 88 valence electrons. The summed E-state index contributed by atoms with van der Waals surface area (Å²) in [6, 6.07) is 4.28. The summed E-state index contributed by atoms with van der Waals surface area (Å²) < 4.78 is 0. The molecule has 17 heavy (non-hydrogen) atoms. The summed E-state index contributed by atoms with van der Waals surface area (Å²) in [6.07, 6.45) is 2.06. The third-order valence-electron chi connectivity index (χ3n) is 3.58. The zero-order valence-electron chi connectivity index (χ0n) is 10.0. The summed E-state index contributed by atoms with van der Waals surface area (Å²) >= 11 is 1.84. The Morgan fingerprint density at radius 3 is 2.88 bits per heavy atom. The minimum Gasteiger partial charge on any atom is -0.349 e. The van der Waals surface area contributed by atoms with E-state index in [1.54, 1.807) is 0 Å². The first kappa shape index (κ1) is 10.9. The first-order valence-electron chi connectivity index (χ1n) is 5.92. The summed E-state index contributed by atoms with van der Waals surface area (Å²) in [6.45, 7) is 4.24. The molecule has 0 bridgehead atoms. The number of aromatic amines is 1. The van der Waals surface area contributed by atoms with Gasteiger partial charge in [0.25, 0.3) is 0 Å². The largest absolute Gasteiger partial charge is 0.349 e. The van der Waals surface area contributed by atoms with Gasteiger partial charge in [0.1, 0.15) is 6.29 Å². The van der Waals surface area contributed by atoms with E-state index in [0.29, 0.717) is 0 Å². The fraction of sp³-hybridized carbons (Fsp3) is 0.357. The number of fused-ring (bicyclic) bond motifs is 3. The average molecular weight is 245 g/mol. The highest BCUT2D eigenvalue weighted by atomic mass is 32.2. The van der Waals surface area contributed by atoms with Crippen molar-refractivity contribution in [3.05, 3.63) is 28.8 Å². The molecule has 0 amide bonds. The van der Waals surface area contributed by atoms with Crippen LogP contribution in [0.5, 0.6) is 0 Å². The Kier molecular flexibility index (Phi) is 2.51. The fourth-order valence-corrected chi connectivity index (χ4v) is 3.81. The third-order valence-corrected chi connectivity index (χ3v) is 4.64. The summed E-state index contributed by atoms with van der Waals surface area (Å²) in [5, 5.41) is 2.46. The fourth-order valence-electron chi connectivity index (χ4n) is 2.65. The normalized spacial score (nSPS) is 19.3. The number of H-pyrrole nitrogens is 1. The molecule has 1 aliphatic rings. The van der Waals surface area contributed by atoms with E-state index in [-0.39, 0.29) is 5.92 Å². The molecule has 0 fully saturated rings. The number of carbonyl (C=O) groups is 1. The highest BCUT2D eigenvalue weighted by Crippen LogP contribution is 2.42. The Morgan fingerprint density at radius 1 is 1.35 bits per heavy atom. The molecule has 1 atom stereocenters. The van der Waals surface area contributed by atoms with Crippen LogP contribution in [0, 0.1) is 13.8 Å². The maximum atomic E-state index is 11.2. The van der Waals surface area contributed by atoms with Gasteiger partial charge in [-0.05, 0) is 31.4 Å². The molecule has 1 unspecified atom stereocenters. The van der Waals surface area contributed by atoms with Gasteiger partial charge in [0.15, 0.2) is 0 Å². The maximum Gasteiger partial charge on any atom is 0.127 e. The van der Waals surface area contributed by atoms with Crippen molar-refractivity contribution in [3.8, 4) is 0 Å². The van der Waals surface area contributed by atoms with Crippen LogP contribution in [0.4, 0.5) is 0 Å². The Hall–Kier alpha value is -1.22. The smallest absolute Gasteiger partial charge is 0.127 e. The third kappa shape index (κ3) is 1.53. The van der Waals surface area contributed by atoms with E-state index in [4.69, 9.17) is 0 Å². The lowest BCUT2D eigenvalue weighted by atomic mass is 9.94. The Labute approximate surface area is 105 Å². The lowest BCUT2D eigenvalue weighted by Crippen LogP contribution is -2.07. The number of thioether (sulfide) groups is 1. The molecular formula is C14H15NOS. The van der Waals surface area contributed by atoms with Gasteiger partial charge in [0, 0.05) is 28.1 Å². The summed E-state index contributed by atoms with van der Waals surface area (Å²) in [7, 11) is 0. The second-order valence-electron chi connectivity index (χ2n) is 4.70. The molecule has 0 radical (unpaired) electrons. The highest BCUT2D eigenvalue weighted by molar-refractivity contribution is 7.99. The lowest BCUT2D eigenvalue weighted by Gasteiger charge is -2.17. The van der Waals surface area contributed by atoms with Crippen molar-refractivity contribution in [3.63, 3.8) is 0 Å². The van der Waals surface area contributed by atoms with Gasteiger partial charge in [0.05, 0.1) is 5.03 Å². The van der Waals surface area contributed by atoms with Gasteiger partial charge in [-0.1, -0.05) is 12.1 Å². The number of rotatable bonds is 1. The van der Waals surface area contributed by atoms with Crippen LogP contribution >= 0.6 is 11.8 Å². The van der Waals surface area contributed by atoms with Gasteiger partial charge in [-0.15, -0.1) is 11.8 Å². The molecule has 2 heterocycles. The number of hydrogen-bond acceptors (Lipinski definition) is 2. The molecule has 0 aliphatic carbocycles. The molecule has 2 aromatic rings. The van der Waals surface area contributed by atoms with E-state index in [2.05, 4.69) is 31.0 Å². The number of aldehydes is 1. The number of benzene rings is 1. The van der Waals surface area contributed by atoms with Crippen LogP contribution in [0.25, 0.3) is 10.9 Å². The average Bonchev–Trinajstić information content (AvgIpc) is 2.74. The Balaban J connectivity index is 2.40. The van der Waals surface area contributed by atoms with Crippen molar-refractivity contribution < 1.29 is 4.79 Å². The van der Waals surface area contributed by atoms with Gasteiger partial charge in [-0.3, -0.25) is 0 Å². The molecule has 1 aromatic heterocycles. The number of aromatic nitrogens is 1. The minimum absolute atomic E-state index is 0.0699. The van der Waals surface area contributed by atoms with Crippen molar-refractivity contribution in [1.29, 1.82) is 0 Å². The molecule has 1 aliphatic heterocycles. The van der Waals surface area contributed by atoms with Gasteiger partial charge >= 0.3 is 0 Å². The van der Waals surface area contributed by atoms with Crippen molar-refractivity contribution in [1.82, 2.24) is 4.98 Å². The van der Waals surface area contributed by atoms with E-state index in [0.717, 1.165) is 18.5 Å². The van der Waals surface area contributed by atoms with Gasteiger partial charge < -0.3 is 9.78 Å². The quantitative estimate of drug-likeness (QED) is 0.779. The van der Waals surface area contributed by atoms with Gasteiger partial charge in [-0.2, -0.15) is 0 Å². The van der Waals surface area contributed by atoms with E-state index < -0.39 is 0 Å². The van der Waals surface area contributed by atoms with E-state index in [9.17, 15) is 4.79 Å². The van der Waals surface area contributed by atoms with E-state index in [1.807, 2.05) is 11.8 Å². The minimum atomic E-state index is 0.0699. The summed E-state index contributed by atoms with van der Waals surface area (Å²) in [5.74, 6) is 1.10. The molecule has 0 saturated heterocycles. The van der Waals surface area contributed by atoms with Crippen LogP contribution in [-0.2, 0) is 4.79 Å². The molecule has 0 spiro atoms. The van der Waals surface area contributed by atoms with Crippen LogP contribution < -0.4 is 0 Å². The molecule has 3 rings (SSSR count). The summed E-state index contributed by atoms with van der Waals surface area (Å²) in [4.78, 5) is 14.7. The van der Waals surface area contributed by atoms with Gasteiger partial charge in [0.2, 0.25) is 0 Å². The molecule has 1 aromatic carbocycles. The number of hydrogen-bond donors (Lipinski definition) is 1. The molecule has 1 N–H and O–H groups in total. The maximum absolute atomic E-state index is 11.2. The lowest BCUT2D eigenvalue weighted by molar-refractivity contribution is -0.109. The van der Waals surface area contributed by atoms with Crippen molar-refractivity contribution in [2.75, 3.05) is 5.75 Å². The zero-order valence-corrected chi connectivity index (χ0v) is 10.9. The van der Waals surface area contributed by atoms with Crippen LogP contribution in [-0.4, -0.2) is 17.0 Å². The standard InChI is InChI=1S/C14H15NOS/c1-8-3-4-9(2)13-11(8)12-10(7-16)5-6-17-14(12)15-13/h3-4,7,10,15H,5-6H2,1-2H3. The van der Waals surface area contributed by atoms with Crippen LogP contribution in [0.3, 0.4) is 0 Å². The summed E-state index contributed by atoms with van der Waals surface area (Å²) in [5.41, 5.74) is 4.95. The monoisotopic (exact) mass is 245 g/mol. The predicted molar refractivity (Wildman–Crippen MR) is 71.9 cm³/mol.